The Labute approximate surface area is 182 Å². The maximum atomic E-state index is 12.9. The van der Waals surface area contributed by atoms with Gasteiger partial charge in [0.1, 0.15) is 22.8 Å². The molecule has 0 N–H and O–H groups in total. The minimum absolute atomic E-state index is 0. The van der Waals surface area contributed by atoms with E-state index in [2.05, 4.69) is 6.92 Å². The Morgan fingerprint density at radius 2 is 1.68 bits per heavy atom. The maximum absolute atomic E-state index is 12.9. The molecule has 28 heavy (non-hydrogen) atoms. The molecule has 0 saturated heterocycles. The van der Waals surface area contributed by atoms with E-state index in [0.29, 0.717) is 17.1 Å². The fourth-order valence-corrected chi connectivity index (χ4v) is 3.90. The number of carbonyl (C=O) groups is 1. The molecule has 4 nitrogen and oxygen atoms in total. The van der Waals surface area contributed by atoms with Crippen LogP contribution in [0.15, 0.2) is 36.4 Å². The molecule has 0 amide bonds. The summed E-state index contributed by atoms with van der Waals surface area (Å²) in [7, 11) is 3.12. The number of aryl methyl sites for hydroxylation is 1. The molecule has 0 aliphatic rings. The molecule has 148 valence electrons. The molecule has 0 spiro atoms. The Morgan fingerprint density at radius 3 is 2.25 bits per heavy atom. The molecule has 0 saturated carbocycles. The summed E-state index contributed by atoms with van der Waals surface area (Å²) in [6.45, 7) is 4.95. The molecule has 0 radical (unpaired) electrons. The number of unbranched alkanes of at least 4 members (excludes halogenated alkanes) is 3. The van der Waals surface area contributed by atoms with Gasteiger partial charge in [0.25, 0.3) is 0 Å². The molecular weight excluding hydrogens is 366 g/mol. The fraction of sp³-hybridized carbons (Fsp3) is 0.409. The quantitative estimate of drug-likeness (QED) is 0.319. The summed E-state index contributed by atoms with van der Waals surface area (Å²) in [5.41, 5.74) is 1.55. The Bertz CT molecular complexity index is 742. The number of hydrogen-bond acceptors (Lipinski definition) is 4. The van der Waals surface area contributed by atoms with Crippen LogP contribution in [0.25, 0.3) is 0 Å². The summed E-state index contributed by atoms with van der Waals surface area (Å²) in [6, 6.07) is 11.3. The Morgan fingerprint density at radius 1 is 1.00 bits per heavy atom. The molecule has 0 aliphatic heterocycles. The molecule has 1 atom stereocenters. The molecule has 0 aliphatic carbocycles. The SMILES string of the molecule is CCCCCCOc1ccc(PC(=O)c2c(OC)cccc2OC)c(C)c1.[LiH]. The van der Waals surface area contributed by atoms with Gasteiger partial charge in [-0.05, 0) is 57.1 Å². The number of hydrogen-bond donors (Lipinski definition) is 0. The van der Waals surface area contributed by atoms with Crippen molar-refractivity contribution in [1.82, 2.24) is 0 Å². The van der Waals surface area contributed by atoms with Crippen molar-refractivity contribution in [2.45, 2.75) is 39.5 Å². The van der Waals surface area contributed by atoms with Gasteiger partial charge in [-0.25, -0.2) is 0 Å². The van der Waals surface area contributed by atoms with Gasteiger partial charge in [-0.15, -0.1) is 0 Å². The molecule has 0 aromatic heterocycles. The van der Waals surface area contributed by atoms with Gasteiger partial charge >= 0.3 is 18.9 Å². The van der Waals surface area contributed by atoms with Gasteiger partial charge in [0, 0.05) is 0 Å². The monoisotopic (exact) mass is 396 g/mol. The third kappa shape index (κ3) is 6.85. The van der Waals surface area contributed by atoms with Gasteiger partial charge in [0.05, 0.1) is 20.8 Å². The van der Waals surface area contributed by atoms with Crippen LogP contribution in [0.4, 0.5) is 0 Å². The van der Waals surface area contributed by atoms with E-state index in [1.807, 2.05) is 31.2 Å². The summed E-state index contributed by atoms with van der Waals surface area (Å²) >= 11 is 0. The van der Waals surface area contributed by atoms with E-state index in [1.54, 1.807) is 26.4 Å². The standard InChI is InChI=1S/C22H29O4P.Li.H/c1-5-6-7-8-14-26-17-12-13-20(16(2)15-17)27-22(23)21-18(24-3)10-9-11-19(21)25-4;;/h9-13,15,27H,5-8,14H2,1-4H3;;. The van der Waals surface area contributed by atoms with Gasteiger partial charge in [-0.1, -0.05) is 38.3 Å². The van der Waals surface area contributed by atoms with E-state index in [9.17, 15) is 4.79 Å². The molecule has 0 bridgehead atoms. The van der Waals surface area contributed by atoms with Crippen LogP contribution in [0.5, 0.6) is 17.2 Å². The second-order valence-corrected chi connectivity index (χ2v) is 7.62. The normalized spacial score (nSPS) is 10.6. The van der Waals surface area contributed by atoms with Crippen molar-refractivity contribution in [3.8, 4) is 17.2 Å². The average molecular weight is 396 g/mol. The summed E-state index contributed by atoms with van der Waals surface area (Å²) in [6.07, 6.45) is 4.74. The topological polar surface area (TPSA) is 44.8 Å². The van der Waals surface area contributed by atoms with E-state index in [4.69, 9.17) is 14.2 Å². The first-order valence-electron chi connectivity index (χ1n) is 9.36. The number of methoxy groups -OCH3 is 2. The second-order valence-electron chi connectivity index (χ2n) is 6.38. The first-order valence-corrected chi connectivity index (χ1v) is 10.4. The van der Waals surface area contributed by atoms with Gasteiger partial charge in [-0.3, -0.25) is 4.79 Å². The van der Waals surface area contributed by atoms with Crippen LogP contribution in [-0.2, 0) is 0 Å². The minimum atomic E-state index is -0.00250. The Kier molecular flexibility index (Phi) is 11.3. The third-order valence-electron chi connectivity index (χ3n) is 4.37. The van der Waals surface area contributed by atoms with Crippen LogP contribution in [0.2, 0.25) is 0 Å². The zero-order valence-electron chi connectivity index (χ0n) is 16.6. The van der Waals surface area contributed by atoms with E-state index < -0.39 is 0 Å². The van der Waals surface area contributed by atoms with Crippen LogP contribution >= 0.6 is 8.58 Å². The molecule has 2 aromatic carbocycles. The van der Waals surface area contributed by atoms with Crippen molar-refractivity contribution in [3.63, 3.8) is 0 Å². The molecule has 0 heterocycles. The van der Waals surface area contributed by atoms with Crippen LogP contribution in [-0.4, -0.2) is 45.2 Å². The van der Waals surface area contributed by atoms with Crippen LogP contribution < -0.4 is 19.5 Å². The summed E-state index contributed by atoms with van der Waals surface area (Å²) < 4.78 is 16.5. The number of rotatable bonds is 11. The average Bonchev–Trinajstić information content (AvgIpc) is 2.68. The van der Waals surface area contributed by atoms with E-state index in [0.717, 1.165) is 29.6 Å². The molecule has 6 heteroatoms. The summed E-state index contributed by atoms with van der Waals surface area (Å²) in [5, 5.41) is 1.01. The first-order chi connectivity index (χ1) is 13.1. The Balaban J connectivity index is 0.00000392. The van der Waals surface area contributed by atoms with E-state index in [1.165, 1.54) is 19.3 Å². The van der Waals surface area contributed by atoms with Crippen LogP contribution in [0.1, 0.15) is 48.5 Å². The fourth-order valence-electron chi connectivity index (χ4n) is 2.84. The van der Waals surface area contributed by atoms with Gasteiger partial charge in [0.2, 0.25) is 0 Å². The summed E-state index contributed by atoms with van der Waals surface area (Å²) in [5.74, 6) is 1.94. The van der Waals surface area contributed by atoms with Gasteiger partial charge < -0.3 is 14.2 Å². The van der Waals surface area contributed by atoms with Crippen molar-refractivity contribution < 1.29 is 19.0 Å². The summed E-state index contributed by atoms with van der Waals surface area (Å²) in [4.78, 5) is 12.9. The van der Waals surface area contributed by atoms with Crippen molar-refractivity contribution in [2.24, 2.45) is 0 Å². The van der Waals surface area contributed by atoms with Crippen molar-refractivity contribution in [1.29, 1.82) is 0 Å². The van der Waals surface area contributed by atoms with E-state index in [-0.39, 0.29) is 33.0 Å². The predicted octanol–water partition coefficient (Wildman–Crippen LogP) is 4.47. The van der Waals surface area contributed by atoms with Gasteiger partial charge in [0.15, 0.2) is 5.52 Å². The molecular formula is C22H30LiO4P. The number of carbonyl (C=O) groups excluding carboxylic acids is 1. The Hall–Kier alpha value is -1.46. The van der Waals surface area contributed by atoms with Crippen molar-refractivity contribution in [2.75, 3.05) is 20.8 Å². The van der Waals surface area contributed by atoms with Crippen LogP contribution in [0, 0.1) is 6.92 Å². The van der Waals surface area contributed by atoms with Gasteiger partial charge in [-0.2, -0.15) is 0 Å². The number of benzene rings is 2. The third-order valence-corrected chi connectivity index (χ3v) is 5.67. The molecule has 0 fully saturated rings. The predicted molar refractivity (Wildman–Crippen MR) is 120 cm³/mol. The van der Waals surface area contributed by atoms with E-state index >= 15 is 0 Å². The molecule has 2 rings (SSSR count). The number of ether oxygens (including phenoxy) is 3. The molecule has 2 aromatic rings. The first kappa shape index (κ1) is 24.6. The zero-order chi connectivity index (χ0) is 19.6. The second kappa shape index (κ2) is 12.9. The van der Waals surface area contributed by atoms with Crippen molar-refractivity contribution >= 4 is 38.3 Å². The van der Waals surface area contributed by atoms with Crippen molar-refractivity contribution in [3.05, 3.63) is 47.5 Å². The zero-order valence-corrected chi connectivity index (χ0v) is 17.6. The molecule has 1 unspecified atom stereocenters. The van der Waals surface area contributed by atoms with Crippen LogP contribution in [0.3, 0.4) is 0 Å².